The predicted molar refractivity (Wildman–Crippen MR) is 79.2 cm³/mol. The van der Waals surface area contributed by atoms with E-state index >= 15 is 0 Å². The van der Waals surface area contributed by atoms with E-state index in [0.29, 0.717) is 11.8 Å². The van der Waals surface area contributed by atoms with Crippen LogP contribution in [0, 0.1) is 5.92 Å². The fourth-order valence-electron chi connectivity index (χ4n) is 2.87. The number of benzene rings is 1. The van der Waals surface area contributed by atoms with E-state index in [1.54, 1.807) is 11.1 Å². The zero-order chi connectivity index (χ0) is 13.0. The largest absolute Gasteiger partial charge is 0.317 e. The Hall–Kier alpha value is -0.820. The van der Waals surface area contributed by atoms with Gasteiger partial charge in [-0.2, -0.15) is 0 Å². The van der Waals surface area contributed by atoms with Crippen LogP contribution in [0.4, 0.5) is 0 Å². The summed E-state index contributed by atoms with van der Waals surface area (Å²) in [6.07, 6.45) is 4.21. The van der Waals surface area contributed by atoms with Crippen molar-refractivity contribution in [3.8, 4) is 0 Å². The van der Waals surface area contributed by atoms with E-state index in [0.717, 1.165) is 19.0 Å². The number of rotatable bonds is 6. The minimum atomic E-state index is 0.654. The lowest BCUT2D eigenvalue weighted by Crippen LogP contribution is -2.25. The molecule has 0 amide bonds. The highest BCUT2D eigenvalue weighted by Gasteiger charge is 2.25. The highest BCUT2D eigenvalue weighted by atomic mass is 14.8. The minimum Gasteiger partial charge on any atom is -0.317 e. The van der Waals surface area contributed by atoms with Crippen LogP contribution in [-0.4, -0.2) is 13.1 Å². The van der Waals surface area contributed by atoms with Crippen LogP contribution in [0.5, 0.6) is 0 Å². The molecule has 0 heterocycles. The molecule has 0 bridgehead atoms. The van der Waals surface area contributed by atoms with Crippen LogP contribution >= 0.6 is 0 Å². The average molecular weight is 245 g/mol. The van der Waals surface area contributed by atoms with Crippen molar-refractivity contribution in [2.45, 2.75) is 51.9 Å². The van der Waals surface area contributed by atoms with Crippen LogP contribution in [0.2, 0.25) is 0 Å². The lowest BCUT2D eigenvalue weighted by Gasteiger charge is -2.31. The molecule has 1 heteroatoms. The van der Waals surface area contributed by atoms with E-state index in [-0.39, 0.29) is 0 Å². The summed E-state index contributed by atoms with van der Waals surface area (Å²) in [6.45, 7) is 9.13. The Kier molecular flexibility index (Phi) is 4.82. The Balaban J connectivity index is 2.10. The molecular weight excluding hydrogens is 218 g/mol. The van der Waals surface area contributed by atoms with E-state index < -0.39 is 0 Å². The summed E-state index contributed by atoms with van der Waals surface area (Å²) >= 11 is 0. The second-order valence-electron chi connectivity index (χ2n) is 5.83. The monoisotopic (exact) mass is 245 g/mol. The van der Waals surface area contributed by atoms with Crippen molar-refractivity contribution in [1.82, 2.24) is 5.32 Å². The van der Waals surface area contributed by atoms with Crippen LogP contribution in [-0.2, 0) is 0 Å². The van der Waals surface area contributed by atoms with Gasteiger partial charge in [-0.15, -0.1) is 0 Å². The molecule has 1 N–H and O–H groups in total. The zero-order valence-corrected chi connectivity index (χ0v) is 12.1. The van der Waals surface area contributed by atoms with E-state index in [1.165, 1.54) is 19.3 Å². The quantitative estimate of drug-likeness (QED) is 0.787. The van der Waals surface area contributed by atoms with Gasteiger partial charge in [0.05, 0.1) is 0 Å². The van der Waals surface area contributed by atoms with E-state index in [4.69, 9.17) is 0 Å². The van der Waals surface area contributed by atoms with E-state index in [1.807, 2.05) is 0 Å². The van der Waals surface area contributed by atoms with Gasteiger partial charge in [0.25, 0.3) is 0 Å². The summed E-state index contributed by atoms with van der Waals surface area (Å²) < 4.78 is 0. The van der Waals surface area contributed by atoms with Gasteiger partial charge >= 0.3 is 0 Å². The van der Waals surface area contributed by atoms with Gasteiger partial charge in [0.2, 0.25) is 0 Å². The van der Waals surface area contributed by atoms with Crippen molar-refractivity contribution in [2.75, 3.05) is 13.1 Å². The minimum absolute atomic E-state index is 0.654. The second-order valence-corrected chi connectivity index (χ2v) is 5.83. The molecule has 1 nitrogen and oxygen atoms in total. The number of hydrogen-bond acceptors (Lipinski definition) is 1. The molecule has 1 aromatic rings. The molecule has 0 aromatic heterocycles. The molecule has 1 aliphatic rings. The lowest BCUT2D eigenvalue weighted by molar-refractivity contribution is 0.404. The molecule has 2 unspecified atom stereocenters. The predicted octanol–water partition coefficient (Wildman–Crippen LogP) is 4.30. The molecule has 0 radical (unpaired) electrons. The van der Waals surface area contributed by atoms with Crippen molar-refractivity contribution >= 4 is 0 Å². The SMILES string of the molecule is CCNCC(C)C(C)c1ccccc1C1CCC1. The molecular formula is C17H27N. The highest BCUT2D eigenvalue weighted by Crippen LogP contribution is 2.40. The third kappa shape index (κ3) is 2.95. The molecule has 100 valence electrons. The van der Waals surface area contributed by atoms with Crippen molar-refractivity contribution in [2.24, 2.45) is 5.92 Å². The number of nitrogens with one attached hydrogen (secondary N) is 1. The van der Waals surface area contributed by atoms with Crippen molar-refractivity contribution in [3.05, 3.63) is 35.4 Å². The molecule has 2 atom stereocenters. The molecule has 1 saturated carbocycles. The summed E-state index contributed by atoms with van der Waals surface area (Å²) in [6, 6.07) is 9.11. The van der Waals surface area contributed by atoms with Gasteiger partial charge in [-0.1, -0.05) is 51.5 Å². The molecule has 2 rings (SSSR count). The molecule has 1 aromatic carbocycles. The van der Waals surface area contributed by atoms with E-state index in [2.05, 4.69) is 50.4 Å². The molecule has 0 spiro atoms. The fourth-order valence-corrected chi connectivity index (χ4v) is 2.87. The van der Waals surface area contributed by atoms with Crippen LogP contribution in [0.1, 0.15) is 63.0 Å². The zero-order valence-electron chi connectivity index (χ0n) is 12.1. The summed E-state index contributed by atoms with van der Waals surface area (Å²) in [5.74, 6) is 2.20. The molecule has 18 heavy (non-hydrogen) atoms. The lowest BCUT2D eigenvalue weighted by atomic mass is 9.74. The van der Waals surface area contributed by atoms with E-state index in [9.17, 15) is 0 Å². The van der Waals surface area contributed by atoms with Gasteiger partial charge in [-0.05, 0) is 54.8 Å². The standard InChI is InChI=1S/C17H27N/c1-4-18-12-13(2)14(3)16-10-5-6-11-17(16)15-8-7-9-15/h5-6,10-11,13-15,18H,4,7-9,12H2,1-3H3. The molecule has 1 aliphatic carbocycles. The van der Waals surface area contributed by atoms with Gasteiger partial charge in [-0.25, -0.2) is 0 Å². The topological polar surface area (TPSA) is 12.0 Å². The molecule has 0 aliphatic heterocycles. The maximum Gasteiger partial charge on any atom is -0.00175 e. The van der Waals surface area contributed by atoms with Gasteiger partial charge in [0, 0.05) is 0 Å². The Labute approximate surface area is 112 Å². The third-order valence-electron chi connectivity index (χ3n) is 4.60. The molecule has 0 saturated heterocycles. The maximum absolute atomic E-state index is 3.48. The molecule has 1 fully saturated rings. The van der Waals surface area contributed by atoms with Crippen LogP contribution < -0.4 is 5.32 Å². The Bertz CT molecular complexity index is 368. The normalized spacial score (nSPS) is 19.3. The summed E-state index contributed by atoms with van der Waals surface area (Å²) in [5.41, 5.74) is 3.22. The van der Waals surface area contributed by atoms with Gasteiger partial charge < -0.3 is 5.32 Å². The summed E-state index contributed by atoms with van der Waals surface area (Å²) in [4.78, 5) is 0. The van der Waals surface area contributed by atoms with Crippen LogP contribution in [0.25, 0.3) is 0 Å². The highest BCUT2D eigenvalue weighted by molar-refractivity contribution is 5.34. The first-order chi connectivity index (χ1) is 8.74. The third-order valence-corrected chi connectivity index (χ3v) is 4.60. The average Bonchev–Trinajstić information content (AvgIpc) is 2.33. The maximum atomic E-state index is 3.48. The van der Waals surface area contributed by atoms with Crippen LogP contribution in [0.15, 0.2) is 24.3 Å². The second kappa shape index (κ2) is 6.38. The Morgan fingerprint density at radius 2 is 1.94 bits per heavy atom. The number of hydrogen-bond donors (Lipinski definition) is 1. The van der Waals surface area contributed by atoms with Crippen molar-refractivity contribution in [1.29, 1.82) is 0 Å². The Morgan fingerprint density at radius 3 is 2.56 bits per heavy atom. The first-order valence-corrected chi connectivity index (χ1v) is 7.53. The smallest absolute Gasteiger partial charge is 0.00175 e. The summed E-state index contributed by atoms with van der Waals surface area (Å²) in [5, 5.41) is 3.48. The van der Waals surface area contributed by atoms with Gasteiger partial charge in [0.15, 0.2) is 0 Å². The summed E-state index contributed by atoms with van der Waals surface area (Å²) in [7, 11) is 0. The van der Waals surface area contributed by atoms with Crippen LogP contribution in [0.3, 0.4) is 0 Å². The van der Waals surface area contributed by atoms with Gasteiger partial charge in [-0.3, -0.25) is 0 Å². The van der Waals surface area contributed by atoms with Crippen molar-refractivity contribution in [3.63, 3.8) is 0 Å². The first-order valence-electron chi connectivity index (χ1n) is 7.53. The van der Waals surface area contributed by atoms with Crippen molar-refractivity contribution < 1.29 is 0 Å². The fraction of sp³-hybridized carbons (Fsp3) is 0.647. The van der Waals surface area contributed by atoms with Gasteiger partial charge in [0.1, 0.15) is 0 Å². The first kappa shape index (κ1) is 13.6. The Morgan fingerprint density at radius 1 is 1.22 bits per heavy atom.